The maximum Gasteiger partial charge on any atom is 0.224 e. The molecule has 0 saturated heterocycles. The molecule has 0 heterocycles. The normalized spacial score (nSPS) is 10.5. The number of carbonyl (C=O) groups is 1. The Labute approximate surface area is 172 Å². The zero-order valence-corrected chi connectivity index (χ0v) is 16.8. The first-order valence-corrected chi connectivity index (χ1v) is 9.91. The highest BCUT2D eigenvalue weighted by molar-refractivity contribution is 5.78. The zero-order chi connectivity index (χ0) is 20.3. The summed E-state index contributed by atoms with van der Waals surface area (Å²) in [5, 5.41) is 3.01. The molecule has 0 unspecified atom stereocenters. The topological polar surface area (TPSA) is 47.6 Å². The second-order valence-corrected chi connectivity index (χ2v) is 6.78. The molecule has 1 amide bonds. The van der Waals surface area contributed by atoms with Gasteiger partial charge < -0.3 is 14.8 Å². The van der Waals surface area contributed by atoms with Crippen LogP contribution in [-0.4, -0.2) is 12.5 Å². The average molecular weight is 389 g/mol. The van der Waals surface area contributed by atoms with E-state index < -0.39 is 0 Å². The molecule has 0 aromatic heterocycles. The van der Waals surface area contributed by atoms with Gasteiger partial charge in [0.1, 0.15) is 5.75 Å². The minimum atomic E-state index is -0.00540. The molecule has 0 fully saturated rings. The van der Waals surface area contributed by atoms with E-state index in [0.717, 1.165) is 28.0 Å². The monoisotopic (exact) mass is 389 g/mol. The van der Waals surface area contributed by atoms with Gasteiger partial charge >= 0.3 is 0 Å². The van der Waals surface area contributed by atoms with Crippen molar-refractivity contribution in [1.29, 1.82) is 0 Å². The summed E-state index contributed by atoms with van der Waals surface area (Å²) in [7, 11) is 0. The van der Waals surface area contributed by atoms with E-state index in [0.29, 0.717) is 32.8 Å². The Morgan fingerprint density at radius 3 is 2.21 bits per heavy atom. The summed E-state index contributed by atoms with van der Waals surface area (Å²) in [5.74, 6) is 0.815. The van der Waals surface area contributed by atoms with Crippen LogP contribution in [0.2, 0.25) is 0 Å². The Balaban J connectivity index is 1.49. The summed E-state index contributed by atoms with van der Waals surface area (Å²) in [4.78, 5) is 12.3. The van der Waals surface area contributed by atoms with Gasteiger partial charge in [-0.05, 0) is 41.3 Å². The van der Waals surface area contributed by atoms with Crippen LogP contribution < -0.4 is 10.1 Å². The number of carbonyl (C=O) groups excluding carboxylic acids is 1. The Hall–Kier alpha value is -3.11. The van der Waals surface area contributed by atoms with Gasteiger partial charge in [-0.25, -0.2) is 0 Å². The molecule has 3 aromatic rings. The van der Waals surface area contributed by atoms with Gasteiger partial charge in [0.05, 0.1) is 26.2 Å². The molecular formula is C25H27NO3. The smallest absolute Gasteiger partial charge is 0.224 e. The van der Waals surface area contributed by atoms with Crippen molar-refractivity contribution in [3.63, 3.8) is 0 Å². The third kappa shape index (κ3) is 6.77. The van der Waals surface area contributed by atoms with Crippen LogP contribution in [0.25, 0.3) is 0 Å². The van der Waals surface area contributed by atoms with Gasteiger partial charge in [-0.3, -0.25) is 4.79 Å². The van der Waals surface area contributed by atoms with Crippen LogP contribution in [0.5, 0.6) is 5.75 Å². The van der Waals surface area contributed by atoms with Gasteiger partial charge in [-0.1, -0.05) is 66.7 Å². The molecule has 0 spiro atoms. The molecule has 150 valence electrons. The van der Waals surface area contributed by atoms with E-state index in [-0.39, 0.29) is 5.91 Å². The van der Waals surface area contributed by atoms with Crippen molar-refractivity contribution in [3.8, 4) is 5.75 Å². The molecule has 4 nitrogen and oxygen atoms in total. The van der Waals surface area contributed by atoms with Crippen molar-refractivity contribution in [3.05, 3.63) is 101 Å². The van der Waals surface area contributed by atoms with Crippen molar-refractivity contribution >= 4 is 5.91 Å². The van der Waals surface area contributed by atoms with Crippen LogP contribution in [0.4, 0.5) is 0 Å². The average Bonchev–Trinajstić information content (AvgIpc) is 2.75. The fourth-order valence-electron chi connectivity index (χ4n) is 3.04. The van der Waals surface area contributed by atoms with E-state index in [1.165, 1.54) is 0 Å². The molecule has 4 heteroatoms. The number of ether oxygens (including phenoxy) is 2. The summed E-state index contributed by atoms with van der Waals surface area (Å²) < 4.78 is 11.3. The number of amides is 1. The van der Waals surface area contributed by atoms with E-state index in [1.54, 1.807) is 0 Å². The van der Waals surface area contributed by atoms with Crippen molar-refractivity contribution < 1.29 is 14.3 Å². The maximum atomic E-state index is 12.3. The number of rotatable bonds is 10. The van der Waals surface area contributed by atoms with Crippen LogP contribution in [0.15, 0.2) is 78.9 Å². The van der Waals surface area contributed by atoms with Crippen LogP contribution in [-0.2, 0) is 35.7 Å². The molecule has 3 rings (SSSR count). The molecule has 0 atom stereocenters. The van der Waals surface area contributed by atoms with Crippen molar-refractivity contribution in [2.24, 2.45) is 0 Å². The van der Waals surface area contributed by atoms with Crippen LogP contribution in [0.3, 0.4) is 0 Å². The van der Waals surface area contributed by atoms with E-state index in [9.17, 15) is 4.79 Å². The van der Waals surface area contributed by atoms with Crippen LogP contribution in [0.1, 0.15) is 29.2 Å². The second kappa shape index (κ2) is 11.0. The SMILES string of the molecule is CCOc1ccc(CC(=O)NCc2ccccc2COCc2ccccc2)cc1. The summed E-state index contributed by atoms with van der Waals surface area (Å²) >= 11 is 0. The lowest BCUT2D eigenvalue weighted by atomic mass is 10.1. The zero-order valence-electron chi connectivity index (χ0n) is 16.8. The molecule has 1 N–H and O–H groups in total. The fourth-order valence-corrected chi connectivity index (χ4v) is 3.04. The summed E-state index contributed by atoms with van der Waals surface area (Å²) in [6.07, 6.45) is 0.346. The van der Waals surface area contributed by atoms with Gasteiger partial charge in [0, 0.05) is 6.54 Å². The Bertz CT molecular complexity index is 891. The summed E-state index contributed by atoms with van der Waals surface area (Å²) in [6, 6.07) is 25.8. The minimum Gasteiger partial charge on any atom is -0.494 e. The first-order valence-electron chi connectivity index (χ1n) is 9.91. The predicted molar refractivity (Wildman–Crippen MR) is 115 cm³/mol. The fraction of sp³-hybridized carbons (Fsp3) is 0.240. The summed E-state index contributed by atoms with van der Waals surface area (Å²) in [5.41, 5.74) is 4.27. The van der Waals surface area contributed by atoms with E-state index in [1.807, 2.05) is 85.8 Å². The summed E-state index contributed by atoms with van der Waals surface area (Å²) in [6.45, 7) is 4.15. The Morgan fingerprint density at radius 1 is 0.793 bits per heavy atom. The van der Waals surface area contributed by atoms with Crippen LogP contribution >= 0.6 is 0 Å². The quantitative estimate of drug-likeness (QED) is 0.549. The number of nitrogens with one attached hydrogen (secondary N) is 1. The van der Waals surface area contributed by atoms with Crippen molar-refractivity contribution in [1.82, 2.24) is 5.32 Å². The van der Waals surface area contributed by atoms with Crippen molar-refractivity contribution in [2.45, 2.75) is 33.1 Å². The highest BCUT2D eigenvalue weighted by Gasteiger charge is 2.07. The lowest BCUT2D eigenvalue weighted by molar-refractivity contribution is -0.120. The lowest BCUT2D eigenvalue weighted by Crippen LogP contribution is -2.25. The predicted octanol–water partition coefficient (Wildman–Crippen LogP) is 4.66. The molecule has 0 radical (unpaired) electrons. The van der Waals surface area contributed by atoms with Gasteiger partial charge in [0.2, 0.25) is 5.91 Å². The lowest BCUT2D eigenvalue weighted by Gasteiger charge is -2.12. The van der Waals surface area contributed by atoms with Crippen molar-refractivity contribution in [2.75, 3.05) is 6.61 Å². The van der Waals surface area contributed by atoms with Gasteiger partial charge in [0.15, 0.2) is 0 Å². The Morgan fingerprint density at radius 2 is 1.48 bits per heavy atom. The van der Waals surface area contributed by atoms with Gasteiger partial charge in [0.25, 0.3) is 0 Å². The van der Waals surface area contributed by atoms with Crippen LogP contribution in [0, 0.1) is 0 Å². The number of benzene rings is 3. The first kappa shape index (κ1) is 20.6. The van der Waals surface area contributed by atoms with Gasteiger partial charge in [-0.15, -0.1) is 0 Å². The highest BCUT2D eigenvalue weighted by atomic mass is 16.5. The first-order chi connectivity index (χ1) is 14.2. The van der Waals surface area contributed by atoms with E-state index in [4.69, 9.17) is 9.47 Å². The van der Waals surface area contributed by atoms with E-state index in [2.05, 4.69) is 5.32 Å². The standard InChI is InChI=1S/C25H27NO3/c1-2-29-24-14-12-20(13-15-24)16-25(27)26-17-22-10-6-7-11-23(22)19-28-18-21-8-4-3-5-9-21/h3-15H,2,16-19H2,1H3,(H,26,27). The Kier molecular flexibility index (Phi) is 7.84. The molecular weight excluding hydrogens is 362 g/mol. The molecule has 0 saturated carbocycles. The maximum absolute atomic E-state index is 12.3. The largest absolute Gasteiger partial charge is 0.494 e. The van der Waals surface area contributed by atoms with E-state index >= 15 is 0 Å². The molecule has 0 aliphatic heterocycles. The second-order valence-electron chi connectivity index (χ2n) is 6.78. The molecule has 0 aliphatic carbocycles. The molecule has 3 aromatic carbocycles. The third-order valence-corrected chi connectivity index (χ3v) is 4.56. The highest BCUT2D eigenvalue weighted by Crippen LogP contribution is 2.14. The molecule has 0 aliphatic rings. The molecule has 0 bridgehead atoms. The third-order valence-electron chi connectivity index (χ3n) is 4.56. The number of hydrogen-bond acceptors (Lipinski definition) is 3. The minimum absolute atomic E-state index is 0.00540. The van der Waals surface area contributed by atoms with Gasteiger partial charge in [-0.2, -0.15) is 0 Å². The molecule has 29 heavy (non-hydrogen) atoms. The number of hydrogen-bond donors (Lipinski definition) is 1.